The van der Waals surface area contributed by atoms with E-state index in [0.29, 0.717) is 11.5 Å². The van der Waals surface area contributed by atoms with Crippen LogP contribution in [-0.4, -0.2) is 15.9 Å². The summed E-state index contributed by atoms with van der Waals surface area (Å²) >= 11 is 0. The maximum Gasteiger partial charge on any atom is 0.238 e. The molecule has 21 heavy (non-hydrogen) atoms. The highest BCUT2D eigenvalue weighted by atomic mass is 16.1. The maximum absolute atomic E-state index is 11.6. The lowest BCUT2D eigenvalue weighted by Gasteiger charge is -2.07. The summed E-state index contributed by atoms with van der Waals surface area (Å²) in [6, 6.07) is 16.9. The number of nitriles is 1. The summed E-state index contributed by atoms with van der Waals surface area (Å²) in [7, 11) is 0. The Labute approximate surface area is 121 Å². The van der Waals surface area contributed by atoms with Crippen molar-refractivity contribution in [2.75, 3.05) is 5.32 Å². The first-order valence-corrected chi connectivity index (χ1v) is 6.49. The molecule has 1 amide bonds. The molecule has 0 fully saturated rings. The number of rotatable bonds is 3. The number of fused-ring (bicyclic) bond motifs is 1. The third-order valence-corrected chi connectivity index (χ3v) is 3.09. The van der Waals surface area contributed by atoms with Crippen molar-refractivity contribution in [3.63, 3.8) is 0 Å². The van der Waals surface area contributed by atoms with Crippen molar-refractivity contribution in [2.45, 2.75) is 6.42 Å². The van der Waals surface area contributed by atoms with E-state index in [1.807, 2.05) is 48.5 Å². The number of anilines is 1. The zero-order valence-electron chi connectivity index (χ0n) is 11.1. The Morgan fingerprint density at radius 1 is 1.19 bits per heavy atom. The Morgan fingerprint density at radius 3 is 2.76 bits per heavy atom. The van der Waals surface area contributed by atoms with Crippen LogP contribution in [0.4, 0.5) is 5.69 Å². The number of imidazole rings is 1. The number of amides is 1. The number of hydrogen-bond acceptors (Lipinski definition) is 3. The molecule has 0 aliphatic heterocycles. The van der Waals surface area contributed by atoms with Crippen molar-refractivity contribution in [1.82, 2.24) is 9.97 Å². The molecule has 0 saturated heterocycles. The van der Waals surface area contributed by atoms with Crippen molar-refractivity contribution in [3.8, 4) is 17.5 Å². The molecule has 2 N–H and O–H groups in total. The average Bonchev–Trinajstić information content (AvgIpc) is 2.91. The average molecular weight is 276 g/mol. The first-order valence-electron chi connectivity index (χ1n) is 6.49. The highest BCUT2D eigenvalue weighted by Crippen LogP contribution is 2.27. The van der Waals surface area contributed by atoms with E-state index in [0.717, 1.165) is 16.6 Å². The van der Waals surface area contributed by atoms with Gasteiger partial charge in [-0.15, -0.1) is 0 Å². The zero-order valence-corrected chi connectivity index (χ0v) is 11.1. The molecule has 0 saturated carbocycles. The Hall–Kier alpha value is -3.13. The van der Waals surface area contributed by atoms with Gasteiger partial charge in [0.05, 0.1) is 22.8 Å². The van der Waals surface area contributed by atoms with Crippen LogP contribution in [0.5, 0.6) is 0 Å². The van der Waals surface area contributed by atoms with Crippen LogP contribution in [-0.2, 0) is 4.79 Å². The van der Waals surface area contributed by atoms with E-state index in [1.165, 1.54) is 0 Å². The van der Waals surface area contributed by atoms with Crippen LogP contribution < -0.4 is 5.32 Å². The van der Waals surface area contributed by atoms with E-state index in [4.69, 9.17) is 5.26 Å². The molecule has 5 nitrogen and oxygen atoms in total. The Kier molecular flexibility index (Phi) is 3.36. The van der Waals surface area contributed by atoms with E-state index >= 15 is 0 Å². The highest BCUT2D eigenvalue weighted by molar-refractivity contribution is 5.96. The smallest absolute Gasteiger partial charge is 0.238 e. The second kappa shape index (κ2) is 5.47. The minimum Gasteiger partial charge on any atom is -0.338 e. The zero-order chi connectivity index (χ0) is 14.7. The van der Waals surface area contributed by atoms with Gasteiger partial charge >= 0.3 is 0 Å². The van der Waals surface area contributed by atoms with E-state index in [9.17, 15) is 4.79 Å². The molecule has 3 aromatic rings. The number of hydrogen-bond donors (Lipinski definition) is 2. The number of aromatic nitrogens is 2. The first kappa shape index (κ1) is 12.9. The molecule has 0 aliphatic carbocycles. The number of benzene rings is 2. The fourth-order valence-electron chi connectivity index (χ4n) is 2.15. The van der Waals surface area contributed by atoms with Crippen LogP contribution in [0.2, 0.25) is 0 Å². The van der Waals surface area contributed by atoms with Gasteiger partial charge in [-0.05, 0) is 24.3 Å². The van der Waals surface area contributed by atoms with Crippen molar-refractivity contribution in [1.29, 1.82) is 5.26 Å². The van der Waals surface area contributed by atoms with Gasteiger partial charge < -0.3 is 10.3 Å². The minimum absolute atomic E-state index is 0.172. The van der Waals surface area contributed by atoms with Gasteiger partial charge in [0.2, 0.25) is 5.91 Å². The van der Waals surface area contributed by atoms with Gasteiger partial charge in [0, 0.05) is 5.56 Å². The molecule has 0 aliphatic rings. The third kappa shape index (κ3) is 2.60. The quantitative estimate of drug-likeness (QED) is 0.771. The normalized spacial score (nSPS) is 10.2. The number of nitrogens with one attached hydrogen (secondary N) is 2. The summed E-state index contributed by atoms with van der Waals surface area (Å²) in [5.74, 6) is 0.352. The molecular weight excluding hydrogens is 264 g/mol. The van der Waals surface area contributed by atoms with Crippen LogP contribution in [0.3, 0.4) is 0 Å². The molecule has 0 radical (unpaired) electrons. The molecule has 0 unspecified atom stereocenters. The second-order valence-corrected chi connectivity index (χ2v) is 4.53. The second-order valence-electron chi connectivity index (χ2n) is 4.53. The monoisotopic (exact) mass is 276 g/mol. The molecule has 2 aromatic carbocycles. The summed E-state index contributed by atoms with van der Waals surface area (Å²) in [6.07, 6.45) is -0.172. The number of aromatic amines is 1. The minimum atomic E-state index is -0.332. The topological polar surface area (TPSA) is 81.6 Å². The summed E-state index contributed by atoms with van der Waals surface area (Å²) < 4.78 is 0. The summed E-state index contributed by atoms with van der Waals surface area (Å²) in [5, 5.41) is 11.3. The van der Waals surface area contributed by atoms with Gasteiger partial charge in [0.1, 0.15) is 12.2 Å². The molecular formula is C16H12N4O. The largest absolute Gasteiger partial charge is 0.338 e. The lowest BCUT2D eigenvalue weighted by atomic mass is 10.1. The van der Waals surface area contributed by atoms with Crippen molar-refractivity contribution in [2.24, 2.45) is 0 Å². The summed E-state index contributed by atoms with van der Waals surface area (Å²) in [4.78, 5) is 19.4. The van der Waals surface area contributed by atoms with Crippen LogP contribution in [0.1, 0.15) is 6.42 Å². The molecule has 0 bridgehead atoms. The van der Waals surface area contributed by atoms with Crippen LogP contribution in [0, 0.1) is 11.3 Å². The molecule has 0 atom stereocenters. The fourth-order valence-corrected chi connectivity index (χ4v) is 2.15. The SMILES string of the molecule is N#CCC(=O)Nc1ccccc1-c1nc2ccccc2[nH]1. The number of carbonyl (C=O) groups excluding carboxylic acids is 1. The molecule has 1 heterocycles. The van der Waals surface area contributed by atoms with E-state index in [2.05, 4.69) is 15.3 Å². The number of H-pyrrole nitrogens is 1. The molecule has 5 heteroatoms. The standard InChI is InChI=1S/C16H12N4O/c17-10-9-15(21)18-12-6-2-1-5-11(12)16-19-13-7-3-4-8-14(13)20-16/h1-8H,9H2,(H,18,21)(H,19,20). The number of nitrogens with zero attached hydrogens (tertiary/aromatic N) is 2. The van der Waals surface area contributed by atoms with Gasteiger partial charge in [-0.3, -0.25) is 4.79 Å². The van der Waals surface area contributed by atoms with E-state index < -0.39 is 0 Å². The lowest BCUT2D eigenvalue weighted by molar-refractivity contribution is -0.115. The van der Waals surface area contributed by atoms with Gasteiger partial charge in [0.15, 0.2) is 0 Å². The van der Waals surface area contributed by atoms with Crippen LogP contribution in [0.25, 0.3) is 22.4 Å². The van der Waals surface area contributed by atoms with Crippen molar-refractivity contribution in [3.05, 3.63) is 48.5 Å². The number of carbonyl (C=O) groups is 1. The van der Waals surface area contributed by atoms with Gasteiger partial charge in [-0.25, -0.2) is 4.98 Å². The van der Waals surface area contributed by atoms with Gasteiger partial charge in [0.25, 0.3) is 0 Å². The third-order valence-electron chi connectivity index (χ3n) is 3.09. The molecule has 102 valence electrons. The highest BCUT2D eigenvalue weighted by Gasteiger charge is 2.11. The van der Waals surface area contributed by atoms with Crippen LogP contribution >= 0.6 is 0 Å². The number of para-hydroxylation sites is 3. The fraction of sp³-hybridized carbons (Fsp3) is 0.0625. The van der Waals surface area contributed by atoms with E-state index in [1.54, 1.807) is 6.07 Å². The predicted octanol–water partition coefficient (Wildman–Crippen LogP) is 3.08. The molecule has 3 rings (SSSR count). The summed E-state index contributed by atoms with van der Waals surface area (Å²) in [6.45, 7) is 0. The van der Waals surface area contributed by atoms with E-state index in [-0.39, 0.29) is 12.3 Å². The molecule has 1 aromatic heterocycles. The lowest BCUT2D eigenvalue weighted by Crippen LogP contribution is -2.11. The van der Waals surface area contributed by atoms with Crippen molar-refractivity contribution >= 4 is 22.6 Å². The van der Waals surface area contributed by atoms with Crippen molar-refractivity contribution < 1.29 is 4.79 Å². The maximum atomic E-state index is 11.6. The summed E-state index contributed by atoms with van der Waals surface area (Å²) in [5.41, 5.74) is 3.23. The Morgan fingerprint density at radius 2 is 1.95 bits per heavy atom. The molecule has 0 spiro atoms. The Bertz CT molecular complexity index is 812. The first-order chi connectivity index (χ1) is 10.3. The van der Waals surface area contributed by atoms with Gasteiger partial charge in [-0.1, -0.05) is 24.3 Å². The Balaban J connectivity index is 2.02. The van der Waals surface area contributed by atoms with Gasteiger partial charge in [-0.2, -0.15) is 5.26 Å². The predicted molar refractivity (Wildman–Crippen MR) is 80.4 cm³/mol. The van der Waals surface area contributed by atoms with Crippen LogP contribution in [0.15, 0.2) is 48.5 Å².